The van der Waals surface area contributed by atoms with Crippen LogP contribution in [-0.2, 0) is 7.05 Å². The van der Waals surface area contributed by atoms with Crippen molar-refractivity contribution in [2.75, 3.05) is 5.73 Å². The van der Waals surface area contributed by atoms with E-state index in [4.69, 9.17) is 17.3 Å². The smallest absolute Gasteiger partial charge is 0.201 e. The summed E-state index contributed by atoms with van der Waals surface area (Å²) in [4.78, 5) is 4.39. The Morgan fingerprint density at radius 2 is 1.61 bits per heavy atom. The first-order valence-electron chi connectivity index (χ1n) is 5.90. The molecular weight excluding hydrogens is 246 g/mol. The zero-order valence-corrected chi connectivity index (χ0v) is 12.2. The van der Waals surface area contributed by atoms with Gasteiger partial charge in [0.15, 0.2) is 0 Å². The first-order valence-corrected chi connectivity index (χ1v) is 6.27. The van der Waals surface area contributed by atoms with Crippen molar-refractivity contribution in [2.24, 2.45) is 7.05 Å². The van der Waals surface area contributed by atoms with Gasteiger partial charge in [0.2, 0.25) is 5.95 Å². The molecule has 0 spiro atoms. The molecule has 18 heavy (non-hydrogen) atoms. The first-order chi connectivity index (χ1) is 8.34. The number of nitrogen functional groups attached to an aromatic ring is 1. The number of rotatable bonds is 1. The van der Waals surface area contributed by atoms with Gasteiger partial charge in [0.25, 0.3) is 0 Å². The van der Waals surface area contributed by atoms with Gasteiger partial charge in [-0.25, -0.2) is 4.98 Å². The van der Waals surface area contributed by atoms with Crippen LogP contribution in [0.3, 0.4) is 0 Å². The summed E-state index contributed by atoms with van der Waals surface area (Å²) >= 11 is 6.32. The Hall–Kier alpha value is -1.48. The molecule has 0 amide bonds. The first kappa shape index (κ1) is 13.0. The second kappa shape index (κ2) is 4.32. The molecule has 1 aromatic heterocycles. The van der Waals surface area contributed by atoms with E-state index >= 15 is 0 Å². The van der Waals surface area contributed by atoms with E-state index in [1.54, 1.807) is 4.57 Å². The summed E-state index contributed by atoms with van der Waals surface area (Å²) in [5, 5.41) is 0.587. The van der Waals surface area contributed by atoms with Gasteiger partial charge in [-0.3, -0.25) is 0 Å². The SMILES string of the molecule is Cc1cc(C)c(C)c(-c2nc(N)n(C)c2Cl)c1C. The fourth-order valence-electron chi connectivity index (χ4n) is 2.23. The fourth-order valence-corrected chi connectivity index (χ4v) is 2.45. The second-order valence-corrected chi connectivity index (χ2v) is 5.16. The summed E-state index contributed by atoms with van der Waals surface area (Å²) in [6, 6.07) is 2.19. The van der Waals surface area contributed by atoms with Crippen LogP contribution in [0.4, 0.5) is 5.95 Å². The molecule has 0 aliphatic carbocycles. The number of hydrogen-bond donors (Lipinski definition) is 1. The number of anilines is 1. The molecule has 3 nitrogen and oxygen atoms in total. The van der Waals surface area contributed by atoms with Gasteiger partial charge in [0.05, 0.1) is 0 Å². The van der Waals surface area contributed by atoms with Crippen molar-refractivity contribution in [1.82, 2.24) is 9.55 Å². The second-order valence-electron chi connectivity index (χ2n) is 4.80. The van der Waals surface area contributed by atoms with Crippen molar-refractivity contribution in [3.63, 3.8) is 0 Å². The van der Waals surface area contributed by atoms with Crippen molar-refractivity contribution in [1.29, 1.82) is 0 Å². The van der Waals surface area contributed by atoms with E-state index in [1.807, 2.05) is 7.05 Å². The number of nitrogens with zero attached hydrogens (tertiary/aromatic N) is 2. The van der Waals surface area contributed by atoms with Crippen LogP contribution in [0, 0.1) is 27.7 Å². The number of aromatic nitrogens is 2. The van der Waals surface area contributed by atoms with Crippen molar-refractivity contribution in [3.8, 4) is 11.3 Å². The molecule has 2 N–H and O–H groups in total. The van der Waals surface area contributed by atoms with Gasteiger partial charge in [0, 0.05) is 12.6 Å². The van der Waals surface area contributed by atoms with Gasteiger partial charge < -0.3 is 10.3 Å². The van der Waals surface area contributed by atoms with E-state index in [1.165, 1.54) is 22.3 Å². The Morgan fingerprint density at radius 1 is 1.11 bits per heavy atom. The molecule has 1 aromatic carbocycles. The number of hydrogen-bond acceptors (Lipinski definition) is 2. The monoisotopic (exact) mass is 263 g/mol. The van der Waals surface area contributed by atoms with E-state index in [0.29, 0.717) is 11.1 Å². The van der Waals surface area contributed by atoms with Gasteiger partial charge in [-0.1, -0.05) is 17.7 Å². The largest absolute Gasteiger partial charge is 0.369 e. The Kier molecular flexibility index (Phi) is 3.11. The number of benzene rings is 1. The maximum absolute atomic E-state index is 6.32. The van der Waals surface area contributed by atoms with Crippen molar-refractivity contribution < 1.29 is 0 Å². The molecule has 0 atom stereocenters. The molecule has 0 saturated heterocycles. The third-order valence-electron chi connectivity index (χ3n) is 3.66. The highest BCUT2D eigenvalue weighted by atomic mass is 35.5. The van der Waals surface area contributed by atoms with Crippen LogP contribution in [0.15, 0.2) is 6.07 Å². The van der Waals surface area contributed by atoms with Crippen LogP contribution >= 0.6 is 11.6 Å². The zero-order valence-electron chi connectivity index (χ0n) is 11.4. The summed E-state index contributed by atoms with van der Waals surface area (Å²) in [5.41, 5.74) is 12.6. The normalized spacial score (nSPS) is 11.0. The highest BCUT2D eigenvalue weighted by molar-refractivity contribution is 6.32. The average molecular weight is 264 g/mol. The maximum Gasteiger partial charge on any atom is 0.201 e. The van der Waals surface area contributed by atoms with Gasteiger partial charge in [-0.05, 0) is 49.9 Å². The fraction of sp³-hybridized carbons (Fsp3) is 0.357. The molecule has 0 aliphatic heterocycles. The van der Waals surface area contributed by atoms with Crippen LogP contribution in [0.5, 0.6) is 0 Å². The summed E-state index contributed by atoms with van der Waals surface area (Å²) in [7, 11) is 1.82. The Balaban J connectivity index is 2.82. The number of halogens is 1. The lowest BCUT2D eigenvalue weighted by Crippen LogP contribution is -1.96. The van der Waals surface area contributed by atoms with Gasteiger partial charge in [-0.15, -0.1) is 0 Å². The minimum absolute atomic E-state index is 0.438. The molecule has 4 heteroatoms. The molecular formula is C14H18ClN3. The predicted octanol–water partition coefficient (Wildman–Crippen LogP) is 3.56. The standard InChI is InChI=1S/C14H18ClN3/c1-7-6-8(2)10(4)11(9(7)3)12-13(15)18(5)14(16)17-12/h6H,1-5H3,(H2,16,17). The molecule has 0 fully saturated rings. The topological polar surface area (TPSA) is 43.8 Å². The summed E-state index contributed by atoms with van der Waals surface area (Å²) in [5.74, 6) is 0.438. The van der Waals surface area contributed by atoms with Gasteiger partial charge >= 0.3 is 0 Å². The Morgan fingerprint density at radius 3 is 2.00 bits per heavy atom. The average Bonchev–Trinajstić information content (AvgIpc) is 2.55. The van der Waals surface area contributed by atoms with Crippen LogP contribution in [-0.4, -0.2) is 9.55 Å². The highest BCUT2D eigenvalue weighted by Gasteiger charge is 2.18. The lowest BCUT2D eigenvalue weighted by molar-refractivity contribution is 0.931. The van der Waals surface area contributed by atoms with E-state index in [0.717, 1.165) is 11.3 Å². The number of aryl methyl sites for hydroxylation is 2. The Bertz CT molecular complexity index is 600. The minimum atomic E-state index is 0.438. The summed E-state index contributed by atoms with van der Waals surface area (Å²) in [6.07, 6.45) is 0. The molecule has 0 radical (unpaired) electrons. The molecule has 2 rings (SSSR count). The molecule has 0 unspecified atom stereocenters. The number of imidazole rings is 1. The predicted molar refractivity (Wildman–Crippen MR) is 77.0 cm³/mol. The van der Waals surface area contributed by atoms with Crippen molar-refractivity contribution >= 4 is 17.5 Å². The van der Waals surface area contributed by atoms with Gasteiger partial charge in [-0.2, -0.15) is 0 Å². The summed E-state index contributed by atoms with van der Waals surface area (Å²) < 4.78 is 1.70. The maximum atomic E-state index is 6.32. The van der Waals surface area contributed by atoms with E-state index in [2.05, 4.69) is 38.7 Å². The summed E-state index contributed by atoms with van der Waals surface area (Å²) in [6.45, 7) is 8.40. The number of nitrogens with two attached hydrogens (primary N) is 1. The van der Waals surface area contributed by atoms with Gasteiger partial charge in [0.1, 0.15) is 10.8 Å². The molecule has 0 saturated carbocycles. The lowest BCUT2D eigenvalue weighted by Gasteiger charge is -2.14. The lowest BCUT2D eigenvalue weighted by atomic mass is 9.92. The highest BCUT2D eigenvalue weighted by Crippen LogP contribution is 2.35. The quantitative estimate of drug-likeness (QED) is 0.855. The van der Waals surface area contributed by atoms with Crippen molar-refractivity contribution in [2.45, 2.75) is 27.7 Å². The molecule has 96 valence electrons. The third-order valence-corrected chi connectivity index (χ3v) is 4.10. The van der Waals surface area contributed by atoms with E-state index < -0.39 is 0 Å². The third kappa shape index (κ3) is 1.79. The minimum Gasteiger partial charge on any atom is -0.369 e. The Labute approximate surface area is 113 Å². The molecule has 1 heterocycles. The molecule has 0 aliphatic rings. The molecule has 0 bridgehead atoms. The molecule has 2 aromatic rings. The van der Waals surface area contributed by atoms with E-state index in [-0.39, 0.29) is 0 Å². The van der Waals surface area contributed by atoms with Crippen LogP contribution in [0.1, 0.15) is 22.3 Å². The van der Waals surface area contributed by atoms with Crippen LogP contribution in [0.2, 0.25) is 5.15 Å². The van der Waals surface area contributed by atoms with Crippen LogP contribution < -0.4 is 5.73 Å². The van der Waals surface area contributed by atoms with E-state index in [9.17, 15) is 0 Å². The van der Waals surface area contributed by atoms with Crippen LogP contribution in [0.25, 0.3) is 11.3 Å². The van der Waals surface area contributed by atoms with Crippen molar-refractivity contribution in [3.05, 3.63) is 33.5 Å². The zero-order chi connectivity index (χ0) is 13.6.